The lowest BCUT2D eigenvalue weighted by Gasteiger charge is -2.17. The van der Waals surface area contributed by atoms with Crippen molar-refractivity contribution in [1.82, 2.24) is 9.62 Å². The van der Waals surface area contributed by atoms with Gasteiger partial charge < -0.3 is 5.32 Å². The van der Waals surface area contributed by atoms with Crippen molar-refractivity contribution in [1.29, 1.82) is 0 Å². The second-order valence-corrected chi connectivity index (χ2v) is 5.96. The van der Waals surface area contributed by atoms with Crippen molar-refractivity contribution in [3.63, 3.8) is 0 Å². The Morgan fingerprint density at radius 1 is 1.47 bits per heavy atom. The summed E-state index contributed by atoms with van der Waals surface area (Å²) in [5.41, 5.74) is 0. The number of rotatable bonds is 5. The van der Waals surface area contributed by atoms with Gasteiger partial charge in [-0.2, -0.15) is 4.31 Å². The highest BCUT2D eigenvalue weighted by Gasteiger charge is 2.21. The summed E-state index contributed by atoms with van der Waals surface area (Å²) >= 11 is 5.56. The third-order valence-electron chi connectivity index (χ3n) is 2.28. The molecule has 96 valence electrons. The summed E-state index contributed by atoms with van der Waals surface area (Å²) in [5, 5.41) is 2.65. The first-order valence-electron chi connectivity index (χ1n) is 4.95. The van der Waals surface area contributed by atoms with Gasteiger partial charge in [-0.3, -0.25) is 0 Å². The normalized spacial score (nSPS) is 12.1. The third-order valence-corrected chi connectivity index (χ3v) is 4.42. The number of likely N-dealkylation sites (N-methyl/N-ethyl adjacent to an activating group) is 2. The van der Waals surface area contributed by atoms with Gasteiger partial charge in [-0.05, 0) is 25.2 Å². The molecule has 7 heteroatoms. The summed E-state index contributed by atoms with van der Waals surface area (Å²) < 4.78 is 38.2. The van der Waals surface area contributed by atoms with Gasteiger partial charge in [0.1, 0.15) is 5.82 Å². The van der Waals surface area contributed by atoms with Crippen molar-refractivity contribution < 1.29 is 12.8 Å². The molecule has 0 unspecified atom stereocenters. The Balaban J connectivity index is 3.00. The second-order valence-electron chi connectivity index (χ2n) is 3.51. The average molecular weight is 281 g/mol. The highest BCUT2D eigenvalue weighted by molar-refractivity contribution is 7.89. The van der Waals surface area contributed by atoms with Crippen LogP contribution in [0.2, 0.25) is 5.02 Å². The summed E-state index contributed by atoms with van der Waals surface area (Å²) in [7, 11) is -0.415. The fourth-order valence-corrected chi connectivity index (χ4v) is 2.65. The van der Waals surface area contributed by atoms with Gasteiger partial charge in [0.2, 0.25) is 10.0 Å². The molecule has 17 heavy (non-hydrogen) atoms. The Morgan fingerprint density at radius 3 is 2.65 bits per heavy atom. The third kappa shape index (κ3) is 3.38. The topological polar surface area (TPSA) is 49.4 Å². The molecule has 0 atom stereocenters. The van der Waals surface area contributed by atoms with E-state index >= 15 is 0 Å². The smallest absolute Gasteiger partial charge is 0.242 e. The van der Waals surface area contributed by atoms with Crippen LogP contribution in [0, 0.1) is 5.82 Å². The summed E-state index contributed by atoms with van der Waals surface area (Å²) in [6.07, 6.45) is 0. The largest absolute Gasteiger partial charge is 0.318 e. The van der Waals surface area contributed by atoms with Crippen LogP contribution in [0.3, 0.4) is 0 Å². The minimum absolute atomic E-state index is 0.0116. The number of benzene rings is 1. The Labute approximate surface area is 105 Å². The van der Waals surface area contributed by atoms with E-state index in [4.69, 9.17) is 11.6 Å². The van der Waals surface area contributed by atoms with Crippen LogP contribution in [0.1, 0.15) is 0 Å². The average Bonchev–Trinajstić information content (AvgIpc) is 2.29. The van der Waals surface area contributed by atoms with Gasteiger partial charge in [-0.15, -0.1) is 0 Å². The van der Waals surface area contributed by atoms with Gasteiger partial charge in [0.25, 0.3) is 0 Å². The Kier molecular flexibility index (Phi) is 4.88. The van der Waals surface area contributed by atoms with E-state index in [-0.39, 0.29) is 9.92 Å². The highest BCUT2D eigenvalue weighted by Crippen LogP contribution is 2.21. The summed E-state index contributed by atoms with van der Waals surface area (Å²) in [5.74, 6) is -0.636. The van der Waals surface area contributed by atoms with Crippen molar-refractivity contribution in [2.24, 2.45) is 0 Å². The first-order chi connectivity index (χ1) is 7.89. The van der Waals surface area contributed by atoms with Crippen LogP contribution in [-0.2, 0) is 10.0 Å². The first kappa shape index (κ1) is 14.4. The van der Waals surface area contributed by atoms with Gasteiger partial charge in [-0.25, -0.2) is 12.8 Å². The lowest BCUT2D eigenvalue weighted by molar-refractivity contribution is 0.466. The van der Waals surface area contributed by atoms with Gasteiger partial charge in [-0.1, -0.05) is 11.6 Å². The highest BCUT2D eigenvalue weighted by atomic mass is 35.5. The number of sulfonamides is 1. The van der Waals surface area contributed by atoms with Crippen molar-refractivity contribution in [2.75, 3.05) is 27.2 Å². The fraction of sp³-hybridized carbons (Fsp3) is 0.400. The first-order valence-corrected chi connectivity index (χ1v) is 6.77. The predicted octanol–water partition coefficient (Wildman–Crippen LogP) is 1.32. The molecular formula is C10H14ClFN2O2S. The maximum Gasteiger partial charge on any atom is 0.242 e. The summed E-state index contributed by atoms with van der Waals surface area (Å²) in [4.78, 5) is -0.0116. The zero-order valence-electron chi connectivity index (χ0n) is 9.57. The molecule has 0 spiro atoms. The molecule has 0 aliphatic heterocycles. The van der Waals surface area contributed by atoms with Crippen LogP contribution in [0.4, 0.5) is 4.39 Å². The zero-order chi connectivity index (χ0) is 13.1. The Hall–Kier alpha value is -0.690. The van der Waals surface area contributed by atoms with Crippen LogP contribution in [-0.4, -0.2) is 39.9 Å². The maximum atomic E-state index is 12.9. The van der Waals surface area contributed by atoms with Gasteiger partial charge >= 0.3 is 0 Å². The van der Waals surface area contributed by atoms with Gasteiger partial charge in [0.15, 0.2) is 0 Å². The van der Waals surface area contributed by atoms with Crippen molar-refractivity contribution in [2.45, 2.75) is 4.90 Å². The summed E-state index contributed by atoms with van der Waals surface area (Å²) in [6, 6.07) is 3.36. The lowest BCUT2D eigenvalue weighted by atomic mass is 10.3. The second kappa shape index (κ2) is 5.77. The minimum atomic E-state index is -3.61. The van der Waals surface area contributed by atoms with E-state index in [0.717, 1.165) is 12.1 Å². The number of nitrogens with zero attached hydrogens (tertiary/aromatic N) is 1. The van der Waals surface area contributed by atoms with E-state index < -0.39 is 15.8 Å². The molecule has 0 saturated carbocycles. The zero-order valence-corrected chi connectivity index (χ0v) is 11.1. The molecule has 0 heterocycles. The number of halogens is 2. The van der Waals surface area contributed by atoms with E-state index in [1.165, 1.54) is 17.4 Å². The molecule has 1 aromatic carbocycles. The predicted molar refractivity (Wildman–Crippen MR) is 65.2 cm³/mol. The van der Waals surface area contributed by atoms with Gasteiger partial charge in [0, 0.05) is 20.1 Å². The van der Waals surface area contributed by atoms with Crippen LogP contribution < -0.4 is 5.32 Å². The SMILES string of the molecule is CNCCN(C)S(=O)(=O)c1ccc(F)c(Cl)c1. The number of hydrogen-bond donors (Lipinski definition) is 1. The molecule has 0 fully saturated rings. The number of nitrogens with one attached hydrogen (secondary N) is 1. The Morgan fingerprint density at radius 2 is 2.12 bits per heavy atom. The molecule has 1 N–H and O–H groups in total. The molecule has 0 radical (unpaired) electrons. The van der Waals surface area contributed by atoms with Crippen LogP contribution in [0.15, 0.2) is 23.1 Å². The fourth-order valence-electron chi connectivity index (χ4n) is 1.21. The van der Waals surface area contributed by atoms with E-state index in [1.807, 2.05) is 0 Å². The van der Waals surface area contributed by atoms with Gasteiger partial charge in [0.05, 0.1) is 9.92 Å². The molecule has 1 aromatic rings. The van der Waals surface area contributed by atoms with E-state index in [9.17, 15) is 12.8 Å². The molecule has 0 saturated heterocycles. The molecule has 0 aromatic heterocycles. The molecular weight excluding hydrogens is 267 g/mol. The van der Waals surface area contributed by atoms with E-state index in [1.54, 1.807) is 7.05 Å². The molecule has 0 aliphatic carbocycles. The monoisotopic (exact) mass is 280 g/mol. The molecule has 0 aliphatic rings. The molecule has 0 amide bonds. The summed E-state index contributed by atoms with van der Waals surface area (Å²) in [6.45, 7) is 0.860. The van der Waals surface area contributed by atoms with Crippen molar-refractivity contribution in [3.05, 3.63) is 29.0 Å². The molecule has 4 nitrogen and oxygen atoms in total. The van der Waals surface area contributed by atoms with Crippen LogP contribution in [0.5, 0.6) is 0 Å². The number of hydrogen-bond acceptors (Lipinski definition) is 3. The van der Waals surface area contributed by atoms with E-state index in [2.05, 4.69) is 5.32 Å². The van der Waals surface area contributed by atoms with Crippen molar-refractivity contribution in [3.8, 4) is 0 Å². The lowest BCUT2D eigenvalue weighted by Crippen LogP contribution is -2.32. The standard InChI is InChI=1S/C10H14ClFN2O2S/c1-13-5-6-14(2)17(15,16)8-3-4-10(12)9(11)7-8/h3-4,7,13H,5-6H2,1-2H3. The maximum absolute atomic E-state index is 12.9. The molecule has 0 bridgehead atoms. The quantitative estimate of drug-likeness (QED) is 0.885. The van der Waals surface area contributed by atoms with E-state index in [0.29, 0.717) is 13.1 Å². The minimum Gasteiger partial charge on any atom is -0.318 e. The van der Waals surface area contributed by atoms with Crippen molar-refractivity contribution >= 4 is 21.6 Å². The molecule has 1 rings (SSSR count). The Bertz CT molecular complexity index is 493. The van der Waals surface area contributed by atoms with Crippen LogP contribution in [0.25, 0.3) is 0 Å². The van der Waals surface area contributed by atoms with Crippen LogP contribution >= 0.6 is 11.6 Å².